The Morgan fingerprint density at radius 3 is 2.47 bits per heavy atom. The van der Waals surface area contributed by atoms with Crippen LogP contribution in [0, 0.1) is 0 Å². The van der Waals surface area contributed by atoms with Gasteiger partial charge in [0.05, 0.1) is 11.6 Å². The van der Waals surface area contributed by atoms with Crippen molar-refractivity contribution in [2.24, 2.45) is 5.73 Å². The molecule has 0 aliphatic rings. The summed E-state index contributed by atoms with van der Waals surface area (Å²) in [5.41, 5.74) is 5.87. The smallest absolute Gasteiger partial charge is 0.239 e. The fraction of sp³-hybridized carbons (Fsp3) is 0.500. The van der Waals surface area contributed by atoms with E-state index < -0.39 is 5.54 Å². The van der Waals surface area contributed by atoms with Crippen LogP contribution in [0.3, 0.4) is 0 Å². The van der Waals surface area contributed by atoms with E-state index in [-0.39, 0.29) is 11.9 Å². The van der Waals surface area contributed by atoms with Gasteiger partial charge in [0.15, 0.2) is 0 Å². The standard InChI is InChI=1S/C14H22ClN3O/c1-14(2,16)13(19)17-9-12(18(3)4)10-7-5-6-8-11(10)15/h5-8,12H,9,16H2,1-4H3,(H,17,19). The first-order valence-electron chi connectivity index (χ1n) is 6.21. The first-order chi connectivity index (χ1) is 8.73. The van der Waals surface area contributed by atoms with Crippen molar-refractivity contribution in [2.75, 3.05) is 20.6 Å². The summed E-state index contributed by atoms with van der Waals surface area (Å²) < 4.78 is 0. The minimum atomic E-state index is -0.878. The maximum Gasteiger partial charge on any atom is 0.239 e. The molecule has 1 aromatic rings. The van der Waals surface area contributed by atoms with E-state index in [9.17, 15) is 4.79 Å². The molecule has 1 rings (SSSR count). The molecule has 0 aliphatic carbocycles. The number of nitrogens with one attached hydrogen (secondary N) is 1. The fourth-order valence-electron chi connectivity index (χ4n) is 1.73. The lowest BCUT2D eigenvalue weighted by molar-refractivity contribution is -0.125. The minimum absolute atomic E-state index is 0.0139. The predicted octanol–water partition coefficient (Wildman–Crippen LogP) is 1.80. The molecule has 1 unspecified atom stereocenters. The monoisotopic (exact) mass is 283 g/mol. The van der Waals surface area contributed by atoms with Crippen LogP contribution in [0.5, 0.6) is 0 Å². The van der Waals surface area contributed by atoms with Crippen LogP contribution in [0.4, 0.5) is 0 Å². The van der Waals surface area contributed by atoms with Gasteiger partial charge in [0, 0.05) is 11.6 Å². The molecular formula is C14H22ClN3O. The molecule has 106 valence electrons. The molecule has 1 amide bonds. The van der Waals surface area contributed by atoms with Gasteiger partial charge >= 0.3 is 0 Å². The Morgan fingerprint density at radius 2 is 2.00 bits per heavy atom. The highest BCUT2D eigenvalue weighted by Crippen LogP contribution is 2.25. The summed E-state index contributed by atoms with van der Waals surface area (Å²) in [6, 6.07) is 7.65. The van der Waals surface area contributed by atoms with Gasteiger partial charge in [-0.05, 0) is 39.6 Å². The van der Waals surface area contributed by atoms with Crippen molar-refractivity contribution in [1.29, 1.82) is 0 Å². The predicted molar refractivity (Wildman–Crippen MR) is 79.2 cm³/mol. The van der Waals surface area contributed by atoms with Gasteiger partial charge < -0.3 is 16.0 Å². The molecule has 0 fully saturated rings. The summed E-state index contributed by atoms with van der Waals surface area (Å²) in [7, 11) is 3.90. The molecule has 0 spiro atoms. The van der Waals surface area contributed by atoms with Gasteiger partial charge in [0.1, 0.15) is 0 Å². The zero-order valence-electron chi connectivity index (χ0n) is 11.9. The molecule has 5 heteroatoms. The van der Waals surface area contributed by atoms with E-state index in [1.54, 1.807) is 13.8 Å². The molecule has 0 saturated carbocycles. The first-order valence-corrected chi connectivity index (χ1v) is 6.59. The second kappa shape index (κ2) is 6.37. The third-order valence-electron chi connectivity index (χ3n) is 2.93. The maximum atomic E-state index is 11.8. The molecule has 4 nitrogen and oxygen atoms in total. The fourth-order valence-corrected chi connectivity index (χ4v) is 1.99. The molecule has 1 atom stereocenters. The number of benzene rings is 1. The number of likely N-dealkylation sites (N-methyl/N-ethyl adjacent to an activating group) is 1. The van der Waals surface area contributed by atoms with E-state index in [1.807, 2.05) is 43.3 Å². The third-order valence-corrected chi connectivity index (χ3v) is 3.27. The van der Waals surface area contributed by atoms with Gasteiger partial charge in [0.25, 0.3) is 0 Å². The number of carbonyl (C=O) groups excluding carboxylic acids is 1. The zero-order valence-corrected chi connectivity index (χ0v) is 12.7. The van der Waals surface area contributed by atoms with Crippen molar-refractivity contribution >= 4 is 17.5 Å². The first kappa shape index (κ1) is 16.0. The number of nitrogens with two attached hydrogens (primary N) is 1. The summed E-state index contributed by atoms with van der Waals surface area (Å²) in [6.45, 7) is 3.83. The van der Waals surface area contributed by atoms with Crippen molar-refractivity contribution in [1.82, 2.24) is 10.2 Å². The minimum Gasteiger partial charge on any atom is -0.353 e. The number of amides is 1. The van der Waals surface area contributed by atoms with Gasteiger partial charge in [-0.3, -0.25) is 4.79 Å². The summed E-state index contributed by atoms with van der Waals surface area (Å²) in [4.78, 5) is 13.8. The van der Waals surface area contributed by atoms with Gasteiger partial charge in [-0.1, -0.05) is 29.8 Å². The molecule has 19 heavy (non-hydrogen) atoms. The number of hydrogen-bond acceptors (Lipinski definition) is 3. The lowest BCUT2D eigenvalue weighted by Crippen LogP contribution is -2.50. The highest BCUT2D eigenvalue weighted by atomic mass is 35.5. The average Bonchev–Trinajstić information content (AvgIpc) is 2.29. The number of halogens is 1. The largest absolute Gasteiger partial charge is 0.353 e. The van der Waals surface area contributed by atoms with E-state index in [0.717, 1.165) is 5.56 Å². The summed E-state index contributed by atoms with van der Waals surface area (Å²) in [5, 5.41) is 3.56. The Hall–Kier alpha value is -1.10. The molecule has 0 aliphatic heterocycles. The topological polar surface area (TPSA) is 58.4 Å². The van der Waals surface area contributed by atoms with Gasteiger partial charge in [-0.25, -0.2) is 0 Å². The zero-order chi connectivity index (χ0) is 14.6. The van der Waals surface area contributed by atoms with Crippen molar-refractivity contribution in [2.45, 2.75) is 25.4 Å². The highest BCUT2D eigenvalue weighted by Gasteiger charge is 2.24. The van der Waals surface area contributed by atoms with Crippen molar-refractivity contribution in [3.63, 3.8) is 0 Å². The maximum absolute atomic E-state index is 11.8. The normalized spacial score (nSPS) is 13.4. The SMILES string of the molecule is CN(C)C(CNC(=O)C(C)(C)N)c1ccccc1Cl. The Kier molecular flexibility index (Phi) is 5.35. The number of rotatable bonds is 5. The lowest BCUT2D eigenvalue weighted by atomic mass is 10.0. The van der Waals surface area contributed by atoms with E-state index in [1.165, 1.54) is 0 Å². The Bertz CT molecular complexity index is 441. The van der Waals surface area contributed by atoms with E-state index in [2.05, 4.69) is 5.32 Å². The number of hydrogen-bond donors (Lipinski definition) is 2. The number of nitrogens with zero attached hydrogens (tertiary/aromatic N) is 1. The quantitative estimate of drug-likeness (QED) is 0.866. The Morgan fingerprint density at radius 1 is 1.42 bits per heavy atom. The van der Waals surface area contributed by atoms with Gasteiger partial charge in [0.2, 0.25) is 5.91 Å². The van der Waals surface area contributed by atoms with Crippen LogP contribution < -0.4 is 11.1 Å². The van der Waals surface area contributed by atoms with E-state index >= 15 is 0 Å². The van der Waals surface area contributed by atoms with E-state index in [0.29, 0.717) is 11.6 Å². The Balaban J connectivity index is 2.81. The van der Waals surface area contributed by atoms with Crippen molar-refractivity contribution in [3.8, 4) is 0 Å². The van der Waals surface area contributed by atoms with Crippen LogP contribution in [0.25, 0.3) is 0 Å². The van der Waals surface area contributed by atoms with Crippen LogP contribution in [0.1, 0.15) is 25.5 Å². The highest BCUT2D eigenvalue weighted by molar-refractivity contribution is 6.31. The van der Waals surface area contributed by atoms with Crippen LogP contribution in [-0.2, 0) is 4.79 Å². The van der Waals surface area contributed by atoms with Crippen molar-refractivity contribution < 1.29 is 4.79 Å². The molecule has 0 aromatic heterocycles. The lowest BCUT2D eigenvalue weighted by Gasteiger charge is -2.27. The second-order valence-corrected chi connectivity index (χ2v) is 5.84. The van der Waals surface area contributed by atoms with Gasteiger partial charge in [-0.15, -0.1) is 0 Å². The molecule has 1 aromatic carbocycles. The van der Waals surface area contributed by atoms with Crippen LogP contribution in [-0.4, -0.2) is 37.0 Å². The molecule has 3 N–H and O–H groups in total. The second-order valence-electron chi connectivity index (χ2n) is 5.43. The Labute approximate surface area is 119 Å². The number of carbonyl (C=O) groups is 1. The third kappa shape index (κ3) is 4.49. The van der Waals surface area contributed by atoms with Crippen molar-refractivity contribution in [3.05, 3.63) is 34.9 Å². The molecule has 0 saturated heterocycles. The summed E-state index contributed by atoms with van der Waals surface area (Å²) in [6.07, 6.45) is 0. The van der Waals surface area contributed by atoms with Crippen LogP contribution in [0.15, 0.2) is 24.3 Å². The summed E-state index contributed by atoms with van der Waals surface area (Å²) >= 11 is 6.20. The molecule has 0 bridgehead atoms. The molecule has 0 heterocycles. The van der Waals surface area contributed by atoms with Crippen LogP contribution >= 0.6 is 11.6 Å². The average molecular weight is 284 g/mol. The van der Waals surface area contributed by atoms with E-state index in [4.69, 9.17) is 17.3 Å². The molecular weight excluding hydrogens is 262 g/mol. The molecule has 0 radical (unpaired) electrons. The van der Waals surface area contributed by atoms with Crippen LogP contribution in [0.2, 0.25) is 5.02 Å². The van der Waals surface area contributed by atoms with Gasteiger partial charge in [-0.2, -0.15) is 0 Å². The summed E-state index contributed by atoms with van der Waals surface area (Å²) in [5.74, 6) is -0.175.